The molecule has 0 aromatic heterocycles. The second-order valence-electron chi connectivity index (χ2n) is 13.4. The van der Waals surface area contributed by atoms with Crippen LogP contribution < -0.4 is 0 Å². The van der Waals surface area contributed by atoms with Gasteiger partial charge in [-0.1, -0.05) is 53.2 Å². The number of hydrogen-bond donors (Lipinski definition) is 2. The minimum Gasteiger partial charge on any atom is -0.393 e. The van der Waals surface area contributed by atoms with Crippen LogP contribution in [0.1, 0.15) is 106 Å². The van der Waals surface area contributed by atoms with Crippen molar-refractivity contribution in [1.82, 2.24) is 0 Å². The lowest BCUT2D eigenvalue weighted by atomic mass is 9.44. The molecule has 0 radical (unpaired) electrons. The van der Waals surface area contributed by atoms with Crippen molar-refractivity contribution in [3.05, 3.63) is 11.6 Å². The van der Waals surface area contributed by atoms with E-state index in [1.165, 1.54) is 50.5 Å². The molecule has 4 fully saturated rings. The lowest BCUT2D eigenvalue weighted by molar-refractivity contribution is -0.136. The van der Waals surface area contributed by atoms with Crippen LogP contribution in [0.4, 0.5) is 0 Å². The summed E-state index contributed by atoms with van der Waals surface area (Å²) in [5.74, 6) is 5.04. The summed E-state index contributed by atoms with van der Waals surface area (Å²) in [5, 5.41) is 22.0. The molecule has 0 spiro atoms. The first-order chi connectivity index (χ1) is 15.0. The maximum absolute atomic E-state index is 11.5. The lowest BCUT2D eigenvalue weighted by Gasteiger charge is -2.61. The third kappa shape index (κ3) is 3.84. The SMILES string of the molecule is C/C=C(\C(C)C)C(C)[C@H](O)[C@H](C)[C@H]1CCC2C3CCC4CCC(O)C[C@]4(C)C3CC[C@@]21C. The highest BCUT2D eigenvalue weighted by Gasteiger charge is 2.61. The Morgan fingerprint density at radius 3 is 2.19 bits per heavy atom. The van der Waals surface area contributed by atoms with Gasteiger partial charge in [-0.2, -0.15) is 0 Å². The van der Waals surface area contributed by atoms with Gasteiger partial charge in [0.25, 0.3) is 0 Å². The summed E-state index contributed by atoms with van der Waals surface area (Å²) in [4.78, 5) is 0. The average molecular weight is 445 g/mol. The first-order valence-corrected chi connectivity index (χ1v) is 14.1. The first kappa shape index (κ1) is 24.8. The van der Waals surface area contributed by atoms with E-state index in [1.807, 2.05) is 0 Å². The van der Waals surface area contributed by atoms with E-state index in [1.54, 1.807) is 0 Å². The first-order valence-electron chi connectivity index (χ1n) is 14.1. The highest BCUT2D eigenvalue weighted by molar-refractivity contribution is 5.13. The van der Waals surface area contributed by atoms with Crippen molar-refractivity contribution in [2.24, 2.45) is 58.2 Å². The number of hydrogen-bond acceptors (Lipinski definition) is 2. The highest BCUT2D eigenvalue weighted by atomic mass is 16.3. The number of aliphatic hydroxyl groups excluding tert-OH is 2. The van der Waals surface area contributed by atoms with Crippen molar-refractivity contribution in [1.29, 1.82) is 0 Å². The molecule has 0 amide bonds. The van der Waals surface area contributed by atoms with Gasteiger partial charge in [-0.3, -0.25) is 0 Å². The molecule has 32 heavy (non-hydrogen) atoms. The molecule has 184 valence electrons. The third-order valence-corrected chi connectivity index (χ3v) is 11.9. The molecule has 0 bridgehead atoms. The van der Waals surface area contributed by atoms with Gasteiger partial charge in [0.1, 0.15) is 0 Å². The molecule has 0 saturated heterocycles. The van der Waals surface area contributed by atoms with Crippen LogP contribution in [-0.2, 0) is 0 Å². The molecule has 4 rings (SSSR count). The van der Waals surface area contributed by atoms with Gasteiger partial charge < -0.3 is 10.2 Å². The van der Waals surface area contributed by atoms with Gasteiger partial charge >= 0.3 is 0 Å². The minimum absolute atomic E-state index is 0.0712. The van der Waals surface area contributed by atoms with Crippen LogP contribution in [0.5, 0.6) is 0 Å². The summed E-state index contributed by atoms with van der Waals surface area (Å²) in [6.07, 6.45) is 13.4. The Morgan fingerprint density at radius 2 is 1.53 bits per heavy atom. The van der Waals surface area contributed by atoms with Crippen LogP contribution in [-0.4, -0.2) is 22.4 Å². The topological polar surface area (TPSA) is 40.5 Å². The van der Waals surface area contributed by atoms with Crippen molar-refractivity contribution in [2.75, 3.05) is 0 Å². The molecule has 2 nitrogen and oxygen atoms in total. The van der Waals surface area contributed by atoms with Gasteiger partial charge in [-0.05, 0) is 117 Å². The number of rotatable bonds is 5. The summed E-state index contributed by atoms with van der Waals surface area (Å²) >= 11 is 0. The predicted molar refractivity (Wildman–Crippen MR) is 134 cm³/mol. The summed E-state index contributed by atoms with van der Waals surface area (Å²) in [6, 6.07) is 0. The fraction of sp³-hybridized carbons (Fsp3) is 0.933. The largest absolute Gasteiger partial charge is 0.393 e. The van der Waals surface area contributed by atoms with E-state index >= 15 is 0 Å². The minimum atomic E-state index is -0.247. The molecule has 4 aliphatic rings. The van der Waals surface area contributed by atoms with E-state index in [0.29, 0.717) is 28.6 Å². The molecule has 11 atom stereocenters. The monoisotopic (exact) mass is 444 g/mol. The second kappa shape index (κ2) is 9.03. The fourth-order valence-corrected chi connectivity index (χ4v) is 10.2. The molecule has 6 unspecified atom stereocenters. The number of fused-ring (bicyclic) bond motifs is 5. The maximum atomic E-state index is 11.5. The normalized spacial score (nSPS) is 47.4. The van der Waals surface area contributed by atoms with E-state index in [9.17, 15) is 10.2 Å². The van der Waals surface area contributed by atoms with Crippen molar-refractivity contribution >= 4 is 0 Å². The van der Waals surface area contributed by atoms with Crippen LogP contribution in [0.25, 0.3) is 0 Å². The molecule has 2 N–H and O–H groups in total. The van der Waals surface area contributed by atoms with E-state index in [2.05, 4.69) is 54.5 Å². The molecular formula is C30H52O2. The summed E-state index contributed by atoms with van der Waals surface area (Å²) in [7, 11) is 0. The second-order valence-corrected chi connectivity index (χ2v) is 13.4. The smallest absolute Gasteiger partial charge is 0.0631 e. The lowest BCUT2D eigenvalue weighted by Crippen LogP contribution is -2.54. The molecule has 0 aromatic carbocycles. The van der Waals surface area contributed by atoms with Gasteiger partial charge in [-0.15, -0.1) is 0 Å². The van der Waals surface area contributed by atoms with Crippen LogP contribution in [0.15, 0.2) is 11.6 Å². The summed E-state index contributed by atoms with van der Waals surface area (Å²) < 4.78 is 0. The van der Waals surface area contributed by atoms with E-state index in [-0.39, 0.29) is 18.1 Å². The van der Waals surface area contributed by atoms with Crippen LogP contribution in [0, 0.1) is 58.2 Å². The van der Waals surface area contributed by atoms with Crippen LogP contribution in [0.3, 0.4) is 0 Å². The Bertz CT molecular complexity index is 697. The van der Waals surface area contributed by atoms with Crippen molar-refractivity contribution < 1.29 is 10.2 Å². The Morgan fingerprint density at radius 1 is 0.875 bits per heavy atom. The molecule has 2 heteroatoms. The molecule has 4 aliphatic carbocycles. The standard InChI is InChI=1S/C30H52O2/c1-8-23(18(2)3)19(4)28(32)20(5)25-13-14-26-24-12-10-21-9-11-22(31)17-30(21,7)27(24)15-16-29(25,26)6/h8,18-22,24-28,31-32H,9-17H2,1-7H3/b23-8+/t19?,20-,21?,22?,24?,25-,26?,27?,28+,29-,30+/m1/s1. The third-order valence-electron chi connectivity index (χ3n) is 11.9. The van der Waals surface area contributed by atoms with Crippen molar-refractivity contribution in [2.45, 2.75) is 118 Å². The van der Waals surface area contributed by atoms with Gasteiger partial charge in [0.05, 0.1) is 12.2 Å². The van der Waals surface area contributed by atoms with Crippen LogP contribution in [0.2, 0.25) is 0 Å². The number of aliphatic hydroxyl groups is 2. The van der Waals surface area contributed by atoms with Crippen LogP contribution >= 0.6 is 0 Å². The quantitative estimate of drug-likeness (QED) is 0.439. The van der Waals surface area contributed by atoms with E-state index in [4.69, 9.17) is 0 Å². The Kier molecular flexibility index (Phi) is 6.99. The fourth-order valence-electron chi connectivity index (χ4n) is 10.2. The molecule has 0 aromatic rings. The average Bonchev–Trinajstić information content (AvgIpc) is 3.09. The Hall–Kier alpha value is -0.340. The van der Waals surface area contributed by atoms with Gasteiger partial charge in [0.15, 0.2) is 0 Å². The maximum Gasteiger partial charge on any atom is 0.0631 e. The summed E-state index contributed by atoms with van der Waals surface area (Å²) in [5.41, 5.74) is 2.15. The van der Waals surface area contributed by atoms with Crippen molar-refractivity contribution in [3.63, 3.8) is 0 Å². The highest BCUT2D eigenvalue weighted by Crippen LogP contribution is 2.68. The molecule has 0 aliphatic heterocycles. The molecular weight excluding hydrogens is 392 g/mol. The van der Waals surface area contributed by atoms with Gasteiger partial charge in [-0.25, -0.2) is 0 Å². The Balaban J connectivity index is 1.53. The molecule has 4 saturated carbocycles. The zero-order valence-corrected chi connectivity index (χ0v) is 22.1. The zero-order valence-electron chi connectivity index (χ0n) is 22.1. The van der Waals surface area contributed by atoms with E-state index in [0.717, 1.165) is 36.5 Å². The van der Waals surface area contributed by atoms with Gasteiger partial charge in [0, 0.05) is 5.92 Å². The van der Waals surface area contributed by atoms with Gasteiger partial charge in [0.2, 0.25) is 0 Å². The summed E-state index contributed by atoms with van der Waals surface area (Å²) in [6.45, 7) is 16.4. The zero-order chi connectivity index (χ0) is 23.4. The number of allylic oxidation sites excluding steroid dienone is 1. The Labute approximate surface area is 198 Å². The predicted octanol–water partition coefficient (Wildman–Crippen LogP) is 7.24. The van der Waals surface area contributed by atoms with Crippen molar-refractivity contribution in [3.8, 4) is 0 Å². The molecule has 0 heterocycles. The van der Waals surface area contributed by atoms with E-state index < -0.39 is 0 Å².